The highest BCUT2D eigenvalue weighted by atomic mass is 16.6. The Bertz CT molecular complexity index is 548. The number of nitrogens with one attached hydrogen (secondary N) is 2. The van der Waals surface area contributed by atoms with Gasteiger partial charge >= 0.3 is 6.09 Å². The van der Waals surface area contributed by atoms with Gasteiger partial charge in [-0.25, -0.2) is 4.79 Å². The monoisotopic (exact) mass is 320 g/mol. The van der Waals surface area contributed by atoms with Crippen LogP contribution in [-0.2, 0) is 11.2 Å². The number of carbonyl (C=O) groups excluding carboxylic acids is 1. The third-order valence-electron chi connectivity index (χ3n) is 4.02. The van der Waals surface area contributed by atoms with Crippen molar-refractivity contribution in [3.63, 3.8) is 0 Å². The van der Waals surface area contributed by atoms with E-state index in [1.807, 2.05) is 32.9 Å². The molecule has 1 aliphatic rings. The summed E-state index contributed by atoms with van der Waals surface area (Å²) >= 11 is 0. The van der Waals surface area contributed by atoms with Crippen molar-refractivity contribution in [2.75, 3.05) is 11.9 Å². The van der Waals surface area contributed by atoms with E-state index in [4.69, 9.17) is 4.74 Å². The number of benzene rings is 1. The Morgan fingerprint density at radius 2 is 2.17 bits per heavy atom. The molecule has 0 fully saturated rings. The Hall–Kier alpha value is -1.59. The molecule has 1 amide bonds. The SMILES string of the molecule is CCC(CO)NC1CCc2cc(NC(=O)OC(C)(C)C)ccc21. The predicted octanol–water partition coefficient (Wildman–Crippen LogP) is 3.38. The number of amides is 1. The molecule has 0 aliphatic heterocycles. The summed E-state index contributed by atoms with van der Waals surface area (Å²) < 4.78 is 5.27. The lowest BCUT2D eigenvalue weighted by molar-refractivity contribution is 0.0636. The number of anilines is 1. The molecule has 2 rings (SSSR count). The second-order valence-electron chi connectivity index (χ2n) is 7.09. The number of fused-ring (bicyclic) bond motifs is 1. The van der Waals surface area contributed by atoms with Gasteiger partial charge in [0.1, 0.15) is 5.60 Å². The van der Waals surface area contributed by atoms with Gasteiger partial charge in [0, 0.05) is 17.8 Å². The minimum Gasteiger partial charge on any atom is -0.444 e. The number of aliphatic hydroxyl groups excluding tert-OH is 1. The summed E-state index contributed by atoms with van der Waals surface area (Å²) in [7, 11) is 0. The molecule has 0 aromatic heterocycles. The summed E-state index contributed by atoms with van der Waals surface area (Å²) in [5, 5.41) is 15.6. The average molecular weight is 320 g/mol. The van der Waals surface area contributed by atoms with E-state index in [-0.39, 0.29) is 18.7 Å². The van der Waals surface area contributed by atoms with Crippen LogP contribution in [0.1, 0.15) is 57.7 Å². The molecule has 5 nitrogen and oxygen atoms in total. The molecule has 5 heteroatoms. The summed E-state index contributed by atoms with van der Waals surface area (Å²) in [6, 6.07) is 6.38. The van der Waals surface area contributed by atoms with E-state index in [9.17, 15) is 9.90 Å². The van der Waals surface area contributed by atoms with Crippen LogP contribution in [0.5, 0.6) is 0 Å². The highest BCUT2D eigenvalue weighted by Gasteiger charge is 2.24. The van der Waals surface area contributed by atoms with Crippen LogP contribution in [0, 0.1) is 0 Å². The van der Waals surface area contributed by atoms with Crippen LogP contribution >= 0.6 is 0 Å². The molecular formula is C18H28N2O3. The van der Waals surface area contributed by atoms with Crippen LogP contribution in [0.15, 0.2) is 18.2 Å². The van der Waals surface area contributed by atoms with Crippen molar-refractivity contribution in [1.29, 1.82) is 0 Å². The summed E-state index contributed by atoms with van der Waals surface area (Å²) in [5.74, 6) is 0. The summed E-state index contributed by atoms with van der Waals surface area (Å²) in [6.45, 7) is 7.75. The molecule has 3 N–H and O–H groups in total. The smallest absolute Gasteiger partial charge is 0.412 e. The van der Waals surface area contributed by atoms with Crippen molar-refractivity contribution in [3.8, 4) is 0 Å². The standard InChI is InChI=1S/C18H28N2O3/c1-5-13(11-21)19-16-9-6-12-10-14(7-8-15(12)16)20-17(22)23-18(2,3)4/h7-8,10,13,16,19,21H,5-6,9,11H2,1-4H3,(H,20,22). The highest BCUT2D eigenvalue weighted by Crippen LogP contribution is 2.33. The Morgan fingerprint density at radius 3 is 2.78 bits per heavy atom. The van der Waals surface area contributed by atoms with Crippen molar-refractivity contribution in [1.82, 2.24) is 5.32 Å². The van der Waals surface area contributed by atoms with Gasteiger partial charge in [0.2, 0.25) is 0 Å². The first-order valence-electron chi connectivity index (χ1n) is 8.32. The summed E-state index contributed by atoms with van der Waals surface area (Å²) in [5.41, 5.74) is 2.75. The van der Waals surface area contributed by atoms with Crippen molar-refractivity contribution in [2.24, 2.45) is 0 Å². The van der Waals surface area contributed by atoms with E-state index >= 15 is 0 Å². The summed E-state index contributed by atoms with van der Waals surface area (Å²) in [4.78, 5) is 11.8. The van der Waals surface area contributed by atoms with Crippen LogP contribution < -0.4 is 10.6 Å². The van der Waals surface area contributed by atoms with E-state index < -0.39 is 11.7 Å². The maximum absolute atomic E-state index is 11.8. The number of hydrogen-bond acceptors (Lipinski definition) is 4. The normalized spacial score (nSPS) is 18.4. The van der Waals surface area contributed by atoms with Gasteiger partial charge in [0.25, 0.3) is 0 Å². The Morgan fingerprint density at radius 1 is 1.43 bits per heavy atom. The van der Waals surface area contributed by atoms with Gasteiger partial charge in [0.15, 0.2) is 0 Å². The van der Waals surface area contributed by atoms with Gasteiger partial charge in [-0.2, -0.15) is 0 Å². The number of aryl methyl sites for hydroxylation is 1. The minimum atomic E-state index is -0.505. The molecule has 0 saturated carbocycles. The molecule has 0 radical (unpaired) electrons. The molecule has 2 atom stereocenters. The topological polar surface area (TPSA) is 70.6 Å². The number of ether oxygens (including phenoxy) is 1. The van der Waals surface area contributed by atoms with Crippen LogP contribution in [0.4, 0.5) is 10.5 Å². The zero-order chi connectivity index (χ0) is 17.0. The van der Waals surface area contributed by atoms with E-state index in [0.717, 1.165) is 24.9 Å². The van der Waals surface area contributed by atoms with Crippen molar-refractivity contribution in [3.05, 3.63) is 29.3 Å². The second kappa shape index (κ2) is 7.32. The molecule has 0 spiro atoms. The third-order valence-corrected chi connectivity index (χ3v) is 4.02. The molecule has 0 saturated heterocycles. The zero-order valence-electron chi connectivity index (χ0n) is 14.5. The number of hydrogen-bond donors (Lipinski definition) is 3. The first-order valence-corrected chi connectivity index (χ1v) is 8.32. The fourth-order valence-corrected chi connectivity index (χ4v) is 2.87. The fraction of sp³-hybridized carbons (Fsp3) is 0.611. The first kappa shape index (κ1) is 17.8. The van der Waals surface area contributed by atoms with Gasteiger partial charge < -0.3 is 15.2 Å². The second-order valence-corrected chi connectivity index (χ2v) is 7.09. The van der Waals surface area contributed by atoms with Gasteiger partial charge in [-0.15, -0.1) is 0 Å². The van der Waals surface area contributed by atoms with E-state index in [1.165, 1.54) is 11.1 Å². The fourth-order valence-electron chi connectivity index (χ4n) is 2.87. The molecule has 1 aliphatic carbocycles. The van der Waals surface area contributed by atoms with Crippen molar-refractivity contribution >= 4 is 11.8 Å². The largest absolute Gasteiger partial charge is 0.444 e. The molecule has 23 heavy (non-hydrogen) atoms. The van der Waals surface area contributed by atoms with Gasteiger partial charge in [0.05, 0.1) is 6.61 Å². The predicted molar refractivity (Wildman–Crippen MR) is 91.7 cm³/mol. The van der Waals surface area contributed by atoms with Crippen LogP contribution in [0.25, 0.3) is 0 Å². The lowest BCUT2D eigenvalue weighted by atomic mass is 10.1. The molecule has 1 aromatic carbocycles. The van der Waals surface area contributed by atoms with E-state index in [0.29, 0.717) is 0 Å². The number of rotatable bonds is 5. The molecule has 0 heterocycles. The van der Waals surface area contributed by atoms with Crippen LogP contribution in [0.3, 0.4) is 0 Å². The highest BCUT2D eigenvalue weighted by molar-refractivity contribution is 5.85. The Labute approximate surface area is 138 Å². The van der Waals surface area contributed by atoms with E-state index in [1.54, 1.807) is 0 Å². The van der Waals surface area contributed by atoms with Crippen molar-refractivity contribution in [2.45, 2.75) is 64.6 Å². The minimum absolute atomic E-state index is 0.130. The van der Waals surface area contributed by atoms with Crippen molar-refractivity contribution < 1.29 is 14.6 Å². The number of aliphatic hydroxyl groups is 1. The quantitative estimate of drug-likeness (QED) is 0.778. The molecule has 0 bridgehead atoms. The zero-order valence-corrected chi connectivity index (χ0v) is 14.5. The van der Waals surface area contributed by atoms with Crippen LogP contribution in [0.2, 0.25) is 0 Å². The van der Waals surface area contributed by atoms with E-state index in [2.05, 4.69) is 23.6 Å². The lowest BCUT2D eigenvalue weighted by Gasteiger charge is -2.21. The van der Waals surface area contributed by atoms with Gasteiger partial charge in [-0.3, -0.25) is 5.32 Å². The average Bonchev–Trinajstić information content (AvgIpc) is 2.84. The van der Waals surface area contributed by atoms with Crippen LogP contribution in [-0.4, -0.2) is 29.4 Å². The van der Waals surface area contributed by atoms with Gasteiger partial charge in [-0.05, 0) is 63.3 Å². The first-order chi connectivity index (χ1) is 10.8. The Kier molecular flexibility index (Phi) is 5.65. The number of carbonyl (C=O) groups is 1. The maximum atomic E-state index is 11.8. The molecule has 1 aromatic rings. The lowest BCUT2D eigenvalue weighted by Crippen LogP contribution is -2.34. The summed E-state index contributed by atoms with van der Waals surface area (Å²) in [6.07, 6.45) is 2.46. The maximum Gasteiger partial charge on any atom is 0.412 e. The molecular weight excluding hydrogens is 292 g/mol. The molecule has 2 unspecified atom stereocenters. The Balaban J connectivity index is 2.02. The van der Waals surface area contributed by atoms with Gasteiger partial charge in [-0.1, -0.05) is 13.0 Å². The molecule has 128 valence electrons. The third kappa shape index (κ3) is 4.94.